The molecule has 0 spiro atoms. The van der Waals surface area contributed by atoms with Crippen LogP contribution in [0.25, 0.3) is 0 Å². The molecule has 1 nitrogen and oxygen atoms in total. The van der Waals surface area contributed by atoms with E-state index in [1.807, 2.05) is 0 Å². The zero-order valence-electron chi connectivity index (χ0n) is 12.7. The summed E-state index contributed by atoms with van der Waals surface area (Å²) < 4.78 is 0. The van der Waals surface area contributed by atoms with Crippen molar-refractivity contribution in [1.29, 1.82) is 0 Å². The molecular formula is C19H25N. The molecule has 0 aromatic heterocycles. The van der Waals surface area contributed by atoms with Crippen LogP contribution in [0.1, 0.15) is 44.4 Å². The zero-order chi connectivity index (χ0) is 14.4. The lowest BCUT2D eigenvalue weighted by atomic mass is 9.96. The highest BCUT2D eigenvalue weighted by Crippen LogP contribution is 2.23. The largest absolute Gasteiger partial charge is 0.304 e. The van der Waals surface area contributed by atoms with E-state index in [2.05, 4.69) is 86.8 Å². The van der Waals surface area contributed by atoms with Crippen LogP contribution in [-0.2, 0) is 0 Å². The van der Waals surface area contributed by atoms with Gasteiger partial charge in [0.15, 0.2) is 0 Å². The van der Waals surface area contributed by atoms with Gasteiger partial charge in [0.05, 0.1) is 6.04 Å². The minimum absolute atomic E-state index is 0.270. The number of rotatable bonds is 6. The summed E-state index contributed by atoms with van der Waals surface area (Å²) in [5.74, 6) is 0.713. The monoisotopic (exact) mass is 267 g/mol. The Balaban J connectivity index is 2.21. The molecule has 2 aromatic carbocycles. The molecule has 0 aliphatic rings. The van der Waals surface area contributed by atoms with Crippen LogP contribution in [0, 0.1) is 5.92 Å². The third-order valence-electron chi connectivity index (χ3n) is 3.54. The minimum Gasteiger partial charge on any atom is -0.304 e. The Morgan fingerprint density at radius 1 is 0.750 bits per heavy atom. The third-order valence-corrected chi connectivity index (χ3v) is 3.54. The summed E-state index contributed by atoms with van der Waals surface area (Å²) in [6.45, 7) is 6.83. The van der Waals surface area contributed by atoms with E-state index in [1.165, 1.54) is 17.5 Å². The maximum absolute atomic E-state index is 3.78. The third kappa shape index (κ3) is 4.21. The predicted octanol–water partition coefficient (Wildman–Crippen LogP) is 4.80. The zero-order valence-corrected chi connectivity index (χ0v) is 12.7. The van der Waals surface area contributed by atoms with E-state index in [1.54, 1.807) is 0 Å². The Bertz CT molecular complexity index is 450. The lowest BCUT2D eigenvalue weighted by molar-refractivity contribution is 0.417. The second kappa shape index (κ2) is 7.25. The highest BCUT2D eigenvalue weighted by Gasteiger charge is 2.16. The Morgan fingerprint density at radius 2 is 1.20 bits per heavy atom. The quantitative estimate of drug-likeness (QED) is 0.792. The average Bonchev–Trinajstić information content (AvgIpc) is 2.46. The van der Waals surface area contributed by atoms with Gasteiger partial charge in [0.1, 0.15) is 0 Å². The summed E-state index contributed by atoms with van der Waals surface area (Å²) in [4.78, 5) is 0. The van der Waals surface area contributed by atoms with Gasteiger partial charge in [-0.1, -0.05) is 74.5 Å². The van der Waals surface area contributed by atoms with Crippen LogP contribution in [0.5, 0.6) is 0 Å². The molecule has 0 unspecified atom stereocenters. The van der Waals surface area contributed by atoms with Crippen molar-refractivity contribution in [1.82, 2.24) is 5.32 Å². The SMILES string of the molecule is CC(C)C[C@H](C)NC(c1ccccc1)c1ccccc1. The van der Waals surface area contributed by atoms with Crippen molar-refractivity contribution < 1.29 is 0 Å². The topological polar surface area (TPSA) is 12.0 Å². The van der Waals surface area contributed by atoms with E-state index in [-0.39, 0.29) is 6.04 Å². The summed E-state index contributed by atoms with van der Waals surface area (Å²) in [7, 11) is 0. The highest BCUT2D eigenvalue weighted by atomic mass is 14.9. The fourth-order valence-corrected chi connectivity index (χ4v) is 2.74. The lowest BCUT2D eigenvalue weighted by Crippen LogP contribution is -2.32. The van der Waals surface area contributed by atoms with Crippen LogP contribution < -0.4 is 5.32 Å². The number of hydrogen-bond acceptors (Lipinski definition) is 1. The number of nitrogens with one attached hydrogen (secondary N) is 1. The van der Waals surface area contributed by atoms with Crippen molar-refractivity contribution in [3.05, 3.63) is 71.8 Å². The fourth-order valence-electron chi connectivity index (χ4n) is 2.74. The maximum Gasteiger partial charge on any atom is 0.0578 e. The lowest BCUT2D eigenvalue weighted by Gasteiger charge is -2.25. The molecule has 0 saturated heterocycles. The first-order valence-electron chi connectivity index (χ1n) is 7.52. The summed E-state index contributed by atoms with van der Waals surface area (Å²) in [6.07, 6.45) is 1.19. The van der Waals surface area contributed by atoms with E-state index in [4.69, 9.17) is 0 Å². The normalized spacial score (nSPS) is 12.8. The smallest absolute Gasteiger partial charge is 0.0578 e. The Labute approximate surface area is 123 Å². The number of hydrogen-bond donors (Lipinski definition) is 1. The number of benzene rings is 2. The maximum atomic E-state index is 3.78. The first-order chi connectivity index (χ1) is 9.66. The van der Waals surface area contributed by atoms with Crippen LogP contribution >= 0.6 is 0 Å². The average molecular weight is 267 g/mol. The molecule has 0 heterocycles. The van der Waals surface area contributed by atoms with Crippen molar-refractivity contribution in [2.24, 2.45) is 5.92 Å². The summed E-state index contributed by atoms with van der Waals surface area (Å²) >= 11 is 0. The summed E-state index contributed by atoms with van der Waals surface area (Å²) in [5.41, 5.74) is 2.66. The van der Waals surface area contributed by atoms with Crippen LogP contribution in [0.2, 0.25) is 0 Å². The van der Waals surface area contributed by atoms with Gasteiger partial charge in [-0.3, -0.25) is 0 Å². The van der Waals surface area contributed by atoms with Gasteiger partial charge in [0.2, 0.25) is 0 Å². The van der Waals surface area contributed by atoms with Crippen LogP contribution in [0.3, 0.4) is 0 Å². The molecule has 0 saturated carbocycles. The van der Waals surface area contributed by atoms with E-state index < -0.39 is 0 Å². The van der Waals surface area contributed by atoms with Crippen molar-refractivity contribution in [3.8, 4) is 0 Å². The van der Waals surface area contributed by atoms with E-state index in [9.17, 15) is 0 Å². The van der Waals surface area contributed by atoms with Crippen LogP contribution in [0.15, 0.2) is 60.7 Å². The first-order valence-corrected chi connectivity index (χ1v) is 7.52. The first kappa shape index (κ1) is 14.8. The molecular weight excluding hydrogens is 242 g/mol. The van der Waals surface area contributed by atoms with Gasteiger partial charge in [-0.05, 0) is 30.4 Å². The van der Waals surface area contributed by atoms with Gasteiger partial charge in [-0.25, -0.2) is 0 Å². The molecule has 20 heavy (non-hydrogen) atoms. The van der Waals surface area contributed by atoms with Gasteiger partial charge in [0.25, 0.3) is 0 Å². The van der Waals surface area contributed by atoms with Crippen molar-refractivity contribution in [2.45, 2.75) is 39.3 Å². The van der Waals surface area contributed by atoms with Gasteiger partial charge in [-0.15, -0.1) is 0 Å². The highest BCUT2D eigenvalue weighted by molar-refractivity contribution is 5.31. The van der Waals surface area contributed by atoms with Crippen molar-refractivity contribution in [2.75, 3.05) is 0 Å². The Morgan fingerprint density at radius 3 is 1.60 bits per heavy atom. The Hall–Kier alpha value is -1.60. The van der Waals surface area contributed by atoms with Gasteiger partial charge < -0.3 is 5.32 Å². The molecule has 0 radical (unpaired) electrons. The molecule has 0 amide bonds. The molecule has 0 aliphatic carbocycles. The fraction of sp³-hybridized carbons (Fsp3) is 0.368. The van der Waals surface area contributed by atoms with E-state index in [0.717, 1.165) is 0 Å². The van der Waals surface area contributed by atoms with Crippen molar-refractivity contribution >= 4 is 0 Å². The molecule has 106 valence electrons. The van der Waals surface area contributed by atoms with Crippen LogP contribution in [0.4, 0.5) is 0 Å². The second-order valence-corrected chi connectivity index (χ2v) is 5.95. The van der Waals surface area contributed by atoms with E-state index in [0.29, 0.717) is 12.0 Å². The summed E-state index contributed by atoms with van der Waals surface area (Å²) in [6, 6.07) is 22.2. The van der Waals surface area contributed by atoms with E-state index >= 15 is 0 Å². The Kier molecular flexibility index (Phi) is 5.37. The van der Waals surface area contributed by atoms with Gasteiger partial charge in [0, 0.05) is 6.04 Å². The molecule has 0 fully saturated rings. The standard InChI is InChI=1S/C19H25N/c1-15(2)14-16(3)20-19(17-10-6-4-7-11-17)18-12-8-5-9-13-18/h4-13,15-16,19-20H,14H2,1-3H3/t16-/m0/s1. The molecule has 1 heteroatoms. The molecule has 1 N–H and O–H groups in total. The minimum atomic E-state index is 0.270. The molecule has 0 aliphatic heterocycles. The second-order valence-electron chi connectivity index (χ2n) is 5.95. The van der Waals surface area contributed by atoms with Crippen molar-refractivity contribution in [3.63, 3.8) is 0 Å². The molecule has 1 atom stereocenters. The van der Waals surface area contributed by atoms with Gasteiger partial charge >= 0.3 is 0 Å². The van der Waals surface area contributed by atoms with Crippen LogP contribution in [-0.4, -0.2) is 6.04 Å². The van der Waals surface area contributed by atoms with Gasteiger partial charge in [-0.2, -0.15) is 0 Å². The molecule has 2 aromatic rings. The molecule has 0 bridgehead atoms. The summed E-state index contributed by atoms with van der Waals surface area (Å²) in [5, 5.41) is 3.78. The molecule has 2 rings (SSSR count). The predicted molar refractivity (Wildman–Crippen MR) is 86.8 cm³/mol.